The first-order valence-corrected chi connectivity index (χ1v) is 17.1. The van der Waals surface area contributed by atoms with Crippen LogP contribution in [0, 0.1) is 36.7 Å². The number of methoxy groups -OCH3 is 1. The van der Waals surface area contributed by atoms with Crippen molar-refractivity contribution in [2.75, 3.05) is 16.9 Å². The molecule has 2 aliphatic heterocycles. The Hall–Kier alpha value is -2.78. The van der Waals surface area contributed by atoms with Gasteiger partial charge in [-0.05, 0) is 125 Å². The number of aromatic hydroxyl groups is 1. The number of imide groups is 2. The van der Waals surface area contributed by atoms with Gasteiger partial charge in [-0.1, -0.05) is 27.6 Å². The van der Waals surface area contributed by atoms with Gasteiger partial charge in [-0.2, -0.15) is 0 Å². The lowest BCUT2D eigenvalue weighted by Gasteiger charge is -2.44. The van der Waals surface area contributed by atoms with Crippen molar-refractivity contribution < 1.29 is 29.0 Å². The Labute approximate surface area is 289 Å². The van der Waals surface area contributed by atoms with Gasteiger partial charge in [0.15, 0.2) is 11.5 Å². The molecule has 0 radical (unpaired) electrons. The number of carbonyl (C=O) groups is 4. The van der Waals surface area contributed by atoms with Crippen molar-refractivity contribution in [2.24, 2.45) is 29.6 Å². The lowest BCUT2D eigenvalue weighted by atomic mass is 9.57. The minimum absolute atomic E-state index is 0.120. The summed E-state index contributed by atoms with van der Waals surface area (Å²) in [5.41, 5.74) is 2.25. The maximum atomic E-state index is 14.3. The zero-order valence-electron chi connectivity index (χ0n) is 23.2. The molecule has 3 aromatic carbocycles. The fraction of sp³-hybridized carbons (Fsp3) is 0.273. The summed E-state index contributed by atoms with van der Waals surface area (Å²) in [6.07, 6.45) is 2.54. The standard InChI is InChI=1S/C33H25BrI2N2O6/c1-44-25-13-15(34)12-23(29(25)39)26-20-10-11-21-27(32(42)37(30(21)40)18-6-2-16(35)3-7-18)22(20)14-24-28(26)33(43)38(31(24)41)19-8-4-17(36)5-9-19/h2-10,12-13,21-22,24,26-28,39H,11,14H2,1H3. The minimum atomic E-state index is -0.801. The van der Waals surface area contributed by atoms with Crippen LogP contribution in [0.1, 0.15) is 24.3 Å². The van der Waals surface area contributed by atoms with E-state index < -0.39 is 35.5 Å². The first kappa shape index (κ1) is 29.9. The molecule has 44 heavy (non-hydrogen) atoms. The molecule has 4 amide bonds. The number of anilines is 2. The molecular formula is C33H25BrI2N2O6. The van der Waals surface area contributed by atoms with E-state index in [1.54, 1.807) is 36.4 Å². The Bertz CT molecular complexity index is 1780. The second-order valence-electron chi connectivity index (χ2n) is 11.5. The fourth-order valence-electron chi connectivity index (χ4n) is 7.61. The normalized spacial score (nSPS) is 27.7. The van der Waals surface area contributed by atoms with Crippen molar-refractivity contribution in [3.8, 4) is 11.5 Å². The van der Waals surface area contributed by atoms with Crippen molar-refractivity contribution >= 4 is 96.1 Å². The van der Waals surface area contributed by atoms with E-state index in [0.717, 1.165) is 12.7 Å². The lowest BCUT2D eigenvalue weighted by molar-refractivity contribution is -0.126. The Morgan fingerprint density at radius 3 is 1.89 bits per heavy atom. The molecule has 0 bridgehead atoms. The molecule has 224 valence electrons. The maximum Gasteiger partial charge on any atom is 0.238 e. The number of fused-ring (bicyclic) bond motifs is 4. The van der Waals surface area contributed by atoms with Crippen molar-refractivity contribution in [1.82, 2.24) is 0 Å². The van der Waals surface area contributed by atoms with E-state index in [9.17, 15) is 24.3 Å². The third-order valence-corrected chi connectivity index (χ3v) is 11.3. The summed E-state index contributed by atoms with van der Waals surface area (Å²) in [7, 11) is 1.45. The van der Waals surface area contributed by atoms with Gasteiger partial charge in [0.05, 0.1) is 42.2 Å². The van der Waals surface area contributed by atoms with Crippen molar-refractivity contribution in [3.05, 3.63) is 89.5 Å². The molecular weight excluding hydrogens is 854 g/mol. The van der Waals surface area contributed by atoms with Gasteiger partial charge in [0.25, 0.3) is 0 Å². The number of hydrogen-bond acceptors (Lipinski definition) is 6. The maximum absolute atomic E-state index is 14.3. The van der Waals surface area contributed by atoms with Crippen molar-refractivity contribution in [2.45, 2.75) is 18.8 Å². The number of rotatable bonds is 4. The molecule has 4 aliphatic rings. The number of amides is 4. The number of phenols is 1. The number of hydrogen-bond donors (Lipinski definition) is 1. The number of benzene rings is 3. The molecule has 8 nitrogen and oxygen atoms in total. The van der Waals surface area contributed by atoms with Crippen LogP contribution in [0.15, 0.2) is 76.8 Å². The lowest BCUT2D eigenvalue weighted by Crippen LogP contribution is -2.43. The van der Waals surface area contributed by atoms with Crippen LogP contribution in [-0.2, 0) is 19.2 Å². The predicted octanol–water partition coefficient (Wildman–Crippen LogP) is 6.42. The summed E-state index contributed by atoms with van der Waals surface area (Å²) in [4.78, 5) is 58.8. The van der Waals surface area contributed by atoms with Gasteiger partial charge in [0, 0.05) is 23.1 Å². The fourth-order valence-corrected chi connectivity index (χ4v) is 8.79. The SMILES string of the molecule is COc1cc(Br)cc(C2C3=CCC4C(=O)N(c5ccc(I)cc5)C(=O)C4C3CC3C(=O)N(c4ccc(I)cc4)C(=O)C32)c1O. The van der Waals surface area contributed by atoms with E-state index in [4.69, 9.17) is 4.74 Å². The van der Waals surface area contributed by atoms with Crippen LogP contribution < -0.4 is 14.5 Å². The average Bonchev–Trinajstić information content (AvgIpc) is 3.42. The molecule has 3 aromatic rings. The highest BCUT2D eigenvalue weighted by Crippen LogP contribution is 2.60. The summed E-state index contributed by atoms with van der Waals surface area (Å²) in [5.74, 6) is -5.09. The number of carbonyl (C=O) groups excluding carboxylic acids is 4. The molecule has 3 fully saturated rings. The summed E-state index contributed by atoms with van der Waals surface area (Å²) < 4.78 is 8.05. The Morgan fingerprint density at radius 2 is 1.32 bits per heavy atom. The Morgan fingerprint density at radius 1 is 0.773 bits per heavy atom. The number of allylic oxidation sites excluding steroid dienone is 2. The van der Waals surface area contributed by atoms with Gasteiger partial charge in [-0.3, -0.25) is 29.0 Å². The minimum Gasteiger partial charge on any atom is -0.504 e. The van der Waals surface area contributed by atoms with Crippen molar-refractivity contribution in [3.63, 3.8) is 0 Å². The van der Waals surface area contributed by atoms with E-state index in [1.165, 1.54) is 16.9 Å². The van der Waals surface area contributed by atoms with Gasteiger partial charge in [0.1, 0.15) is 0 Å². The van der Waals surface area contributed by atoms with Crippen LogP contribution in [0.3, 0.4) is 0 Å². The third kappa shape index (κ3) is 4.55. The number of phenolic OH excluding ortho intramolecular Hbond substituents is 1. The molecule has 0 aromatic heterocycles. The highest BCUT2D eigenvalue weighted by atomic mass is 127. The van der Waals surface area contributed by atoms with Gasteiger partial charge in [0.2, 0.25) is 23.6 Å². The third-order valence-electron chi connectivity index (χ3n) is 9.44. The van der Waals surface area contributed by atoms with Crippen LogP contribution >= 0.6 is 61.1 Å². The summed E-state index contributed by atoms with van der Waals surface area (Å²) in [5, 5.41) is 11.4. The zero-order valence-corrected chi connectivity index (χ0v) is 29.1. The highest BCUT2D eigenvalue weighted by molar-refractivity contribution is 14.1. The smallest absolute Gasteiger partial charge is 0.238 e. The molecule has 1 N–H and O–H groups in total. The van der Waals surface area contributed by atoms with Crippen LogP contribution in [0.4, 0.5) is 11.4 Å². The van der Waals surface area contributed by atoms with E-state index in [1.807, 2.05) is 30.3 Å². The molecule has 6 unspecified atom stereocenters. The first-order valence-electron chi connectivity index (χ1n) is 14.1. The second-order valence-corrected chi connectivity index (χ2v) is 15.0. The molecule has 1 saturated carbocycles. The number of halogens is 3. The molecule has 11 heteroatoms. The molecule has 2 heterocycles. The quantitative estimate of drug-likeness (QED) is 0.185. The van der Waals surface area contributed by atoms with E-state index >= 15 is 0 Å². The Kier molecular flexibility index (Phi) is 7.63. The van der Waals surface area contributed by atoms with Crippen LogP contribution in [0.25, 0.3) is 0 Å². The number of nitrogens with zero attached hydrogens (tertiary/aromatic N) is 2. The second kappa shape index (κ2) is 11.2. The summed E-state index contributed by atoms with van der Waals surface area (Å²) in [6.45, 7) is 0. The average molecular weight is 879 g/mol. The molecule has 6 atom stereocenters. The topological polar surface area (TPSA) is 104 Å². The summed E-state index contributed by atoms with van der Waals surface area (Å²) in [6, 6.07) is 17.8. The van der Waals surface area contributed by atoms with Crippen LogP contribution in [0.5, 0.6) is 11.5 Å². The van der Waals surface area contributed by atoms with E-state index in [-0.39, 0.29) is 41.5 Å². The summed E-state index contributed by atoms with van der Waals surface area (Å²) >= 11 is 7.87. The zero-order chi connectivity index (χ0) is 31.0. The van der Waals surface area contributed by atoms with Gasteiger partial charge in [-0.15, -0.1) is 0 Å². The van der Waals surface area contributed by atoms with Crippen molar-refractivity contribution in [1.29, 1.82) is 0 Å². The molecule has 0 spiro atoms. The van der Waals surface area contributed by atoms with E-state index in [0.29, 0.717) is 27.8 Å². The van der Waals surface area contributed by atoms with Crippen LogP contribution in [-0.4, -0.2) is 35.8 Å². The van der Waals surface area contributed by atoms with E-state index in [2.05, 4.69) is 61.1 Å². The van der Waals surface area contributed by atoms with Gasteiger partial charge < -0.3 is 9.84 Å². The Balaban J connectivity index is 1.37. The highest BCUT2D eigenvalue weighted by Gasteiger charge is 2.62. The number of ether oxygens (including phenoxy) is 1. The largest absolute Gasteiger partial charge is 0.504 e. The predicted molar refractivity (Wildman–Crippen MR) is 183 cm³/mol. The first-order chi connectivity index (χ1) is 21.1. The molecule has 2 saturated heterocycles. The molecule has 7 rings (SSSR count). The molecule has 2 aliphatic carbocycles. The monoisotopic (exact) mass is 878 g/mol. The van der Waals surface area contributed by atoms with Gasteiger partial charge >= 0.3 is 0 Å². The van der Waals surface area contributed by atoms with Crippen LogP contribution in [0.2, 0.25) is 0 Å². The van der Waals surface area contributed by atoms with Gasteiger partial charge in [-0.25, -0.2) is 0 Å².